The van der Waals surface area contributed by atoms with Crippen molar-refractivity contribution in [1.82, 2.24) is 15.2 Å². The Morgan fingerprint density at radius 2 is 1.63 bits per heavy atom. The molecule has 0 saturated carbocycles. The van der Waals surface area contributed by atoms with E-state index >= 15 is 0 Å². The van der Waals surface area contributed by atoms with Crippen LogP contribution in [0.4, 0.5) is 11.5 Å². The van der Waals surface area contributed by atoms with Crippen LogP contribution in [0.5, 0.6) is 11.5 Å². The minimum absolute atomic E-state index is 0.622. The predicted octanol–water partition coefficient (Wildman–Crippen LogP) is 4.45. The smallest absolute Gasteiger partial charge is 0.162 e. The monoisotopic (exact) mass is 358 g/mol. The Morgan fingerprint density at radius 1 is 0.852 bits per heavy atom. The number of hydrogen-bond acceptors (Lipinski definition) is 6. The van der Waals surface area contributed by atoms with E-state index in [4.69, 9.17) is 9.47 Å². The lowest BCUT2D eigenvalue weighted by Gasteiger charge is -2.11. The molecule has 0 unspecified atom stereocenters. The van der Waals surface area contributed by atoms with Gasteiger partial charge in [-0.1, -0.05) is 18.2 Å². The number of benzene rings is 2. The van der Waals surface area contributed by atoms with E-state index in [0.717, 1.165) is 33.5 Å². The molecule has 2 heterocycles. The number of fused-ring (bicyclic) bond motifs is 1. The minimum Gasteiger partial charge on any atom is -0.493 e. The van der Waals surface area contributed by atoms with Crippen molar-refractivity contribution >= 4 is 22.4 Å². The SMILES string of the molecule is COc1cc2nncc(-c3ccc(Nc4ccccc4)nc3)c2cc1OC. The zero-order valence-electron chi connectivity index (χ0n) is 15.0. The Balaban J connectivity index is 1.71. The zero-order chi connectivity index (χ0) is 18.6. The lowest BCUT2D eigenvalue weighted by molar-refractivity contribution is 0.356. The highest BCUT2D eigenvalue weighted by Gasteiger charge is 2.12. The molecule has 0 amide bonds. The molecule has 0 bridgehead atoms. The second kappa shape index (κ2) is 7.29. The Bertz CT molecular complexity index is 1070. The maximum atomic E-state index is 5.42. The van der Waals surface area contributed by atoms with Crippen molar-refractivity contribution in [1.29, 1.82) is 0 Å². The minimum atomic E-state index is 0.622. The zero-order valence-corrected chi connectivity index (χ0v) is 15.0. The summed E-state index contributed by atoms with van der Waals surface area (Å²) in [4.78, 5) is 4.52. The van der Waals surface area contributed by atoms with Crippen molar-refractivity contribution in [3.63, 3.8) is 0 Å². The maximum Gasteiger partial charge on any atom is 0.162 e. The summed E-state index contributed by atoms with van der Waals surface area (Å²) in [6.07, 6.45) is 3.55. The van der Waals surface area contributed by atoms with Gasteiger partial charge in [0.2, 0.25) is 0 Å². The van der Waals surface area contributed by atoms with Gasteiger partial charge in [-0.15, -0.1) is 0 Å². The molecule has 6 heteroatoms. The molecule has 0 aliphatic carbocycles. The van der Waals surface area contributed by atoms with Crippen LogP contribution in [-0.4, -0.2) is 29.4 Å². The summed E-state index contributed by atoms with van der Waals surface area (Å²) in [5, 5.41) is 12.5. The molecule has 0 radical (unpaired) electrons. The van der Waals surface area contributed by atoms with Crippen molar-refractivity contribution in [2.75, 3.05) is 19.5 Å². The van der Waals surface area contributed by atoms with Gasteiger partial charge in [-0.2, -0.15) is 10.2 Å². The molecule has 134 valence electrons. The average Bonchev–Trinajstić information content (AvgIpc) is 2.73. The Labute approximate surface area is 156 Å². The van der Waals surface area contributed by atoms with E-state index in [0.29, 0.717) is 11.5 Å². The number of rotatable bonds is 5. The van der Waals surface area contributed by atoms with Crippen LogP contribution in [-0.2, 0) is 0 Å². The topological polar surface area (TPSA) is 69.2 Å². The second-order valence-corrected chi connectivity index (χ2v) is 5.91. The Morgan fingerprint density at radius 3 is 2.33 bits per heavy atom. The van der Waals surface area contributed by atoms with Gasteiger partial charge in [-0.3, -0.25) is 0 Å². The van der Waals surface area contributed by atoms with E-state index in [9.17, 15) is 0 Å². The van der Waals surface area contributed by atoms with E-state index in [1.807, 2.05) is 60.8 Å². The van der Waals surface area contributed by atoms with Gasteiger partial charge in [-0.25, -0.2) is 4.98 Å². The van der Waals surface area contributed by atoms with E-state index < -0.39 is 0 Å². The fraction of sp³-hybridized carbons (Fsp3) is 0.0952. The average molecular weight is 358 g/mol. The molecule has 0 atom stereocenters. The van der Waals surface area contributed by atoms with Crippen molar-refractivity contribution in [2.45, 2.75) is 0 Å². The number of nitrogens with zero attached hydrogens (tertiary/aromatic N) is 3. The number of pyridine rings is 1. The van der Waals surface area contributed by atoms with Gasteiger partial charge < -0.3 is 14.8 Å². The van der Waals surface area contributed by atoms with Crippen molar-refractivity contribution in [3.8, 4) is 22.6 Å². The second-order valence-electron chi connectivity index (χ2n) is 5.91. The molecule has 1 N–H and O–H groups in total. The summed E-state index contributed by atoms with van der Waals surface area (Å²) in [5.41, 5.74) is 3.60. The maximum absolute atomic E-state index is 5.42. The number of ether oxygens (including phenoxy) is 2. The Kier molecular flexibility index (Phi) is 4.53. The summed E-state index contributed by atoms with van der Waals surface area (Å²) in [6.45, 7) is 0. The number of aromatic nitrogens is 3. The van der Waals surface area contributed by atoms with Crippen LogP contribution in [0.2, 0.25) is 0 Å². The largest absolute Gasteiger partial charge is 0.493 e. The normalized spacial score (nSPS) is 10.6. The molecule has 0 fully saturated rings. The Hall–Kier alpha value is -3.67. The number of hydrogen-bond donors (Lipinski definition) is 1. The molecule has 27 heavy (non-hydrogen) atoms. The van der Waals surface area contributed by atoms with Crippen LogP contribution in [0.1, 0.15) is 0 Å². The quantitative estimate of drug-likeness (QED) is 0.568. The van der Waals surface area contributed by atoms with E-state index in [1.165, 1.54) is 0 Å². The molecule has 2 aromatic heterocycles. The van der Waals surface area contributed by atoms with Gasteiger partial charge in [0, 0.05) is 34.5 Å². The molecule has 4 rings (SSSR count). The summed E-state index contributed by atoms with van der Waals surface area (Å²) in [6, 6.07) is 17.6. The van der Waals surface area contributed by atoms with E-state index in [2.05, 4.69) is 20.5 Å². The van der Waals surface area contributed by atoms with Gasteiger partial charge in [0.05, 0.1) is 25.9 Å². The standard InChI is InChI=1S/C21H18N4O2/c1-26-19-10-16-17(13-23-25-18(16)11-20(19)27-2)14-8-9-21(22-12-14)24-15-6-4-3-5-7-15/h3-13H,1-2H3,(H,22,24). The molecule has 4 aromatic rings. The fourth-order valence-electron chi connectivity index (χ4n) is 2.91. The highest BCUT2D eigenvalue weighted by atomic mass is 16.5. The van der Waals surface area contributed by atoms with Gasteiger partial charge in [0.15, 0.2) is 11.5 Å². The third-order valence-electron chi connectivity index (χ3n) is 4.27. The first kappa shape index (κ1) is 16.8. The van der Waals surface area contributed by atoms with Crippen LogP contribution < -0.4 is 14.8 Å². The summed E-state index contributed by atoms with van der Waals surface area (Å²) in [5.74, 6) is 2.04. The van der Waals surface area contributed by atoms with Crippen LogP contribution >= 0.6 is 0 Å². The predicted molar refractivity (Wildman–Crippen MR) is 106 cm³/mol. The molecule has 6 nitrogen and oxygen atoms in total. The van der Waals surface area contributed by atoms with Gasteiger partial charge >= 0.3 is 0 Å². The van der Waals surface area contributed by atoms with Crippen LogP contribution in [0.15, 0.2) is 67.0 Å². The first-order valence-electron chi connectivity index (χ1n) is 8.44. The van der Waals surface area contributed by atoms with Gasteiger partial charge in [0.25, 0.3) is 0 Å². The van der Waals surface area contributed by atoms with Gasteiger partial charge in [-0.05, 0) is 30.3 Å². The number of anilines is 2. The van der Waals surface area contributed by atoms with Crippen LogP contribution in [0.3, 0.4) is 0 Å². The van der Waals surface area contributed by atoms with Crippen LogP contribution in [0.25, 0.3) is 22.0 Å². The summed E-state index contributed by atoms with van der Waals surface area (Å²) < 4.78 is 10.8. The first-order valence-corrected chi connectivity index (χ1v) is 8.44. The summed E-state index contributed by atoms with van der Waals surface area (Å²) >= 11 is 0. The molecule has 0 spiro atoms. The third kappa shape index (κ3) is 3.37. The highest BCUT2D eigenvalue weighted by Crippen LogP contribution is 2.35. The lowest BCUT2D eigenvalue weighted by atomic mass is 10.0. The van der Waals surface area contributed by atoms with E-state index in [-0.39, 0.29) is 0 Å². The summed E-state index contributed by atoms with van der Waals surface area (Å²) in [7, 11) is 3.22. The molecule has 0 aliphatic rings. The number of para-hydroxylation sites is 1. The van der Waals surface area contributed by atoms with Crippen molar-refractivity contribution in [3.05, 3.63) is 67.0 Å². The fourth-order valence-corrected chi connectivity index (χ4v) is 2.91. The molecule has 2 aromatic carbocycles. The molecular formula is C21H18N4O2. The van der Waals surface area contributed by atoms with Crippen molar-refractivity contribution < 1.29 is 9.47 Å². The van der Waals surface area contributed by atoms with E-state index in [1.54, 1.807) is 20.4 Å². The number of methoxy groups -OCH3 is 2. The highest BCUT2D eigenvalue weighted by molar-refractivity contribution is 5.95. The molecular weight excluding hydrogens is 340 g/mol. The first-order chi connectivity index (χ1) is 13.3. The molecule has 0 aliphatic heterocycles. The van der Waals surface area contributed by atoms with Crippen LogP contribution in [0, 0.1) is 0 Å². The van der Waals surface area contributed by atoms with Gasteiger partial charge in [0.1, 0.15) is 5.82 Å². The number of nitrogens with one attached hydrogen (secondary N) is 1. The van der Waals surface area contributed by atoms with Crippen molar-refractivity contribution in [2.24, 2.45) is 0 Å². The third-order valence-corrected chi connectivity index (χ3v) is 4.27. The lowest BCUT2D eigenvalue weighted by Crippen LogP contribution is -1.95. The molecule has 0 saturated heterocycles.